The zero-order valence-corrected chi connectivity index (χ0v) is 12.0. The van der Waals surface area contributed by atoms with Crippen LogP contribution in [-0.4, -0.2) is 21.3 Å². The molecular formula is C16H18N4O. The summed E-state index contributed by atoms with van der Waals surface area (Å²) in [4.78, 5) is 14.9. The van der Waals surface area contributed by atoms with Crippen LogP contribution in [-0.2, 0) is 13.1 Å². The van der Waals surface area contributed by atoms with Crippen molar-refractivity contribution in [2.24, 2.45) is 0 Å². The lowest BCUT2D eigenvalue weighted by molar-refractivity contribution is 0.553. The summed E-state index contributed by atoms with van der Waals surface area (Å²) in [5.41, 5.74) is 2.75. The fourth-order valence-electron chi connectivity index (χ4n) is 2.33. The summed E-state index contributed by atoms with van der Waals surface area (Å²) in [6.45, 7) is 4.14. The number of aryl methyl sites for hydroxylation is 1. The Labute approximate surface area is 122 Å². The van der Waals surface area contributed by atoms with Crippen molar-refractivity contribution in [1.82, 2.24) is 20.1 Å². The van der Waals surface area contributed by atoms with Crippen molar-refractivity contribution in [3.05, 3.63) is 64.2 Å². The first-order chi connectivity index (χ1) is 10.2. The smallest absolute Gasteiger partial charge is 0.252 e. The quantitative estimate of drug-likeness (QED) is 0.702. The van der Waals surface area contributed by atoms with Crippen molar-refractivity contribution in [2.75, 3.05) is 6.54 Å². The molecule has 0 fully saturated rings. The molecule has 0 radical (unpaired) electrons. The minimum Gasteiger partial charge on any atom is -0.322 e. The van der Waals surface area contributed by atoms with Gasteiger partial charge in [0, 0.05) is 30.4 Å². The van der Waals surface area contributed by atoms with E-state index in [0.717, 1.165) is 35.1 Å². The molecule has 1 aromatic carbocycles. The Bertz CT molecular complexity index is 803. The Morgan fingerprint density at radius 3 is 3.00 bits per heavy atom. The van der Waals surface area contributed by atoms with E-state index >= 15 is 0 Å². The Morgan fingerprint density at radius 1 is 1.33 bits per heavy atom. The number of fused-ring (bicyclic) bond motifs is 1. The molecule has 0 aliphatic rings. The second-order valence-electron chi connectivity index (χ2n) is 5.17. The molecule has 0 atom stereocenters. The lowest BCUT2D eigenvalue weighted by atomic mass is 10.1. The molecule has 2 heterocycles. The zero-order valence-electron chi connectivity index (χ0n) is 12.0. The van der Waals surface area contributed by atoms with Gasteiger partial charge < -0.3 is 10.3 Å². The van der Waals surface area contributed by atoms with Crippen LogP contribution in [0.4, 0.5) is 0 Å². The van der Waals surface area contributed by atoms with Crippen molar-refractivity contribution in [3.8, 4) is 0 Å². The van der Waals surface area contributed by atoms with Gasteiger partial charge in [0.15, 0.2) is 0 Å². The maximum absolute atomic E-state index is 12.0. The molecule has 0 spiro atoms. The third kappa shape index (κ3) is 3.20. The molecule has 0 saturated carbocycles. The van der Waals surface area contributed by atoms with Crippen LogP contribution in [0.2, 0.25) is 0 Å². The summed E-state index contributed by atoms with van der Waals surface area (Å²) >= 11 is 0. The topological polar surface area (TPSA) is 62.7 Å². The minimum absolute atomic E-state index is 0.0314. The van der Waals surface area contributed by atoms with E-state index in [4.69, 9.17) is 0 Å². The zero-order chi connectivity index (χ0) is 14.7. The molecule has 5 nitrogen and oxygen atoms in total. The van der Waals surface area contributed by atoms with Gasteiger partial charge in [-0.1, -0.05) is 18.2 Å². The SMILES string of the molecule is Cc1cnn(CCNCc2cc3ccccc3[nH]c2=O)c1. The van der Waals surface area contributed by atoms with Crippen molar-refractivity contribution in [1.29, 1.82) is 0 Å². The fraction of sp³-hybridized carbons (Fsp3) is 0.250. The number of hydrogen-bond donors (Lipinski definition) is 2. The predicted molar refractivity (Wildman–Crippen MR) is 83.2 cm³/mol. The van der Waals surface area contributed by atoms with Gasteiger partial charge in [-0.05, 0) is 30.0 Å². The van der Waals surface area contributed by atoms with Gasteiger partial charge in [-0.25, -0.2) is 0 Å². The average Bonchev–Trinajstić information content (AvgIpc) is 2.89. The largest absolute Gasteiger partial charge is 0.322 e. The van der Waals surface area contributed by atoms with Crippen LogP contribution in [0.15, 0.2) is 47.5 Å². The lowest BCUT2D eigenvalue weighted by Crippen LogP contribution is -2.24. The molecule has 0 saturated heterocycles. The molecule has 0 aliphatic carbocycles. The number of H-pyrrole nitrogens is 1. The van der Waals surface area contributed by atoms with Crippen LogP contribution in [0.1, 0.15) is 11.1 Å². The fourth-order valence-corrected chi connectivity index (χ4v) is 2.33. The number of hydrogen-bond acceptors (Lipinski definition) is 3. The van der Waals surface area contributed by atoms with E-state index in [1.807, 2.05) is 54.3 Å². The number of rotatable bonds is 5. The third-order valence-electron chi connectivity index (χ3n) is 3.43. The molecule has 0 bridgehead atoms. The van der Waals surface area contributed by atoms with E-state index in [0.29, 0.717) is 6.54 Å². The molecule has 21 heavy (non-hydrogen) atoms. The van der Waals surface area contributed by atoms with Crippen molar-refractivity contribution in [3.63, 3.8) is 0 Å². The monoisotopic (exact) mass is 282 g/mol. The third-order valence-corrected chi connectivity index (χ3v) is 3.43. The first-order valence-corrected chi connectivity index (χ1v) is 7.03. The Hall–Kier alpha value is -2.40. The number of aromatic amines is 1. The van der Waals surface area contributed by atoms with Gasteiger partial charge in [0.25, 0.3) is 5.56 Å². The number of aromatic nitrogens is 3. The maximum Gasteiger partial charge on any atom is 0.252 e. The van der Waals surface area contributed by atoms with Gasteiger partial charge >= 0.3 is 0 Å². The van der Waals surface area contributed by atoms with Gasteiger partial charge in [-0.2, -0.15) is 5.10 Å². The van der Waals surface area contributed by atoms with Crippen LogP contribution >= 0.6 is 0 Å². The van der Waals surface area contributed by atoms with Crippen molar-refractivity contribution in [2.45, 2.75) is 20.0 Å². The van der Waals surface area contributed by atoms with E-state index < -0.39 is 0 Å². The van der Waals surface area contributed by atoms with E-state index in [-0.39, 0.29) is 5.56 Å². The molecule has 0 unspecified atom stereocenters. The number of benzene rings is 1. The van der Waals surface area contributed by atoms with Crippen LogP contribution in [0, 0.1) is 6.92 Å². The molecular weight excluding hydrogens is 264 g/mol. The molecule has 3 rings (SSSR count). The number of pyridine rings is 1. The molecule has 5 heteroatoms. The average molecular weight is 282 g/mol. The highest BCUT2D eigenvalue weighted by Gasteiger charge is 2.02. The molecule has 108 valence electrons. The van der Waals surface area contributed by atoms with Crippen LogP contribution < -0.4 is 10.9 Å². The first-order valence-electron chi connectivity index (χ1n) is 7.03. The summed E-state index contributed by atoms with van der Waals surface area (Å²) in [7, 11) is 0. The van der Waals surface area contributed by atoms with Gasteiger partial charge in [-0.3, -0.25) is 9.48 Å². The normalized spacial score (nSPS) is 11.1. The van der Waals surface area contributed by atoms with Crippen molar-refractivity contribution >= 4 is 10.9 Å². The summed E-state index contributed by atoms with van der Waals surface area (Å²) in [5, 5.41) is 8.56. The molecule has 3 aromatic rings. The molecule has 0 aliphatic heterocycles. The van der Waals surface area contributed by atoms with Gasteiger partial charge in [0.2, 0.25) is 0 Å². The van der Waals surface area contributed by atoms with E-state index in [9.17, 15) is 4.79 Å². The maximum atomic E-state index is 12.0. The second-order valence-corrected chi connectivity index (χ2v) is 5.17. The van der Waals surface area contributed by atoms with Crippen LogP contribution in [0.25, 0.3) is 10.9 Å². The Kier molecular flexibility index (Phi) is 3.83. The highest BCUT2D eigenvalue weighted by Crippen LogP contribution is 2.09. The summed E-state index contributed by atoms with van der Waals surface area (Å²) in [5.74, 6) is 0. The van der Waals surface area contributed by atoms with Gasteiger partial charge in [0.1, 0.15) is 0 Å². The number of nitrogens with one attached hydrogen (secondary N) is 2. The summed E-state index contributed by atoms with van der Waals surface area (Å²) in [6.07, 6.45) is 3.85. The summed E-state index contributed by atoms with van der Waals surface area (Å²) in [6, 6.07) is 9.74. The Morgan fingerprint density at radius 2 is 2.19 bits per heavy atom. The molecule has 2 aromatic heterocycles. The van der Waals surface area contributed by atoms with Crippen LogP contribution in [0.3, 0.4) is 0 Å². The second kappa shape index (κ2) is 5.93. The number of nitrogens with zero attached hydrogens (tertiary/aromatic N) is 2. The van der Waals surface area contributed by atoms with E-state index in [2.05, 4.69) is 15.4 Å². The molecule has 0 amide bonds. The summed E-state index contributed by atoms with van der Waals surface area (Å²) < 4.78 is 1.90. The van der Waals surface area contributed by atoms with E-state index in [1.165, 1.54) is 0 Å². The van der Waals surface area contributed by atoms with Crippen molar-refractivity contribution < 1.29 is 0 Å². The number of para-hydroxylation sites is 1. The van der Waals surface area contributed by atoms with E-state index in [1.54, 1.807) is 0 Å². The minimum atomic E-state index is -0.0314. The lowest BCUT2D eigenvalue weighted by Gasteiger charge is -2.06. The van der Waals surface area contributed by atoms with Gasteiger partial charge in [0.05, 0.1) is 12.7 Å². The van der Waals surface area contributed by atoms with Crippen LogP contribution in [0.5, 0.6) is 0 Å². The first kappa shape index (κ1) is 13.6. The predicted octanol–water partition coefficient (Wildman–Crippen LogP) is 1.82. The van der Waals surface area contributed by atoms with Gasteiger partial charge in [-0.15, -0.1) is 0 Å². The highest BCUT2D eigenvalue weighted by atomic mass is 16.1. The Balaban J connectivity index is 1.62. The highest BCUT2D eigenvalue weighted by molar-refractivity contribution is 5.78. The molecule has 2 N–H and O–H groups in total. The standard InChI is InChI=1S/C16H18N4O/c1-12-9-18-20(11-12)7-6-17-10-14-8-13-4-2-3-5-15(13)19-16(14)21/h2-5,8-9,11,17H,6-7,10H2,1H3,(H,19,21).